The highest BCUT2D eigenvalue weighted by Gasteiger charge is 2.26. The van der Waals surface area contributed by atoms with Gasteiger partial charge in [0.15, 0.2) is 7.98 Å². The molecule has 0 N–H and O–H groups in total. The lowest BCUT2D eigenvalue weighted by atomic mass is 10.2. The number of hydrogen-bond donors (Lipinski definition) is 0. The van der Waals surface area contributed by atoms with Crippen LogP contribution in [0.3, 0.4) is 0 Å². The first-order valence-corrected chi connectivity index (χ1v) is 7.55. The molecule has 13 heavy (non-hydrogen) atoms. The van der Waals surface area contributed by atoms with Crippen molar-refractivity contribution in [2.24, 2.45) is 0 Å². The predicted octanol–water partition coefficient (Wildman–Crippen LogP) is 1.56. The van der Waals surface area contributed by atoms with E-state index in [1.165, 1.54) is 6.42 Å². The third kappa shape index (κ3) is 3.49. The van der Waals surface area contributed by atoms with Crippen molar-refractivity contribution < 1.29 is 4.52 Å². The molecule has 1 rings (SSSR count). The highest BCUT2D eigenvalue weighted by Crippen LogP contribution is 2.37. The van der Waals surface area contributed by atoms with Crippen molar-refractivity contribution in [3.05, 3.63) is 0 Å². The summed E-state index contributed by atoms with van der Waals surface area (Å²) >= 11 is 0. The molecule has 0 saturated carbocycles. The molecular weight excluding hydrogens is 180 g/mol. The summed E-state index contributed by atoms with van der Waals surface area (Å²) < 4.78 is 5.71. The second kappa shape index (κ2) is 4.21. The third-order valence-electron chi connectivity index (χ3n) is 2.46. The SMILES string of the molecule is [B]N1C(C)CCC1COP(=C)(C)C. The van der Waals surface area contributed by atoms with E-state index < -0.39 is 7.11 Å². The van der Waals surface area contributed by atoms with E-state index in [1.54, 1.807) is 0 Å². The normalized spacial score (nSPS) is 31.0. The summed E-state index contributed by atoms with van der Waals surface area (Å²) in [7, 11) is 4.55. The van der Waals surface area contributed by atoms with Crippen molar-refractivity contribution in [3.8, 4) is 0 Å². The molecule has 1 aliphatic rings. The van der Waals surface area contributed by atoms with E-state index in [2.05, 4.69) is 26.6 Å². The molecule has 0 aliphatic carbocycles. The second-order valence-electron chi connectivity index (χ2n) is 4.40. The summed E-state index contributed by atoms with van der Waals surface area (Å²) in [5, 5.41) is 0. The summed E-state index contributed by atoms with van der Waals surface area (Å²) in [6.07, 6.45) is 6.34. The zero-order chi connectivity index (χ0) is 10.1. The van der Waals surface area contributed by atoms with E-state index in [9.17, 15) is 0 Å². The predicted molar refractivity (Wildman–Crippen MR) is 61.9 cm³/mol. The number of nitrogens with zero attached hydrogens (tertiary/aromatic N) is 1. The van der Waals surface area contributed by atoms with Gasteiger partial charge in [0.05, 0.1) is 6.61 Å². The van der Waals surface area contributed by atoms with Crippen LogP contribution in [0.15, 0.2) is 0 Å². The minimum absolute atomic E-state index is 0.399. The fraction of sp³-hybridized carbons (Fsp3) is 0.889. The smallest absolute Gasteiger partial charge is 0.183 e. The van der Waals surface area contributed by atoms with E-state index in [0.717, 1.165) is 13.0 Å². The highest BCUT2D eigenvalue weighted by atomic mass is 31.2. The molecule has 0 bridgehead atoms. The van der Waals surface area contributed by atoms with Gasteiger partial charge in [0.25, 0.3) is 0 Å². The van der Waals surface area contributed by atoms with Crippen LogP contribution in [0.4, 0.5) is 0 Å². The average Bonchev–Trinajstić information content (AvgIpc) is 2.29. The maximum atomic E-state index is 5.90. The van der Waals surface area contributed by atoms with Crippen LogP contribution in [0.2, 0.25) is 0 Å². The van der Waals surface area contributed by atoms with E-state index in [4.69, 9.17) is 12.5 Å². The van der Waals surface area contributed by atoms with Crippen molar-refractivity contribution >= 4 is 21.4 Å². The first kappa shape index (κ1) is 11.4. The summed E-state index contributed by atoms with van der Waals surface area (Å²) in [4.78, 5) is 1.93. The molecule has 1 heterocycles. The van der Waals surface area contributed by atoms with Crippen LogP contribution in [0.5, 0.6) is 0 Å². The van der Waals surface area contributed by atoms with Crippen LogP contribution in [0.25, 0.3) is 0 Å². The Labute approximate surface area is 83.1 Å². The van der Waals surface area contributed by atoms with Gasteiger partial charge in [-0.1, -0.05) is 13.2 Å². The Bertz CT molecular complexity index is 216. The Morgan fingerprint density at radius 1 is 1.54 bits per heavy atom. The Morgan fingerprint density at radius 3 is 2.54 bits per heavy atom. The first-order chi connectivity index (χ1) is 5.90. The van der Waals surface area contributed by atoms with Gasteiger partial charge in [-0.3, -0.25) is 0 Å². The Morgan fingerprint density at radius 2 is 2.15 bits per heavy atom. The molecule has 0 amide bonds. The zero-order valence-corrected chi connectivity index (χ0v) is 9.76. The molecule has 2 unspecified atom stereocenters. The molecule has 0 spiro atoms. The lowest BCUT2D eigenvalue weighted by Gasteiger charge is -2.26. The van der Waals surface area contributed by atoms with E-state index in [-0.39, 0.29) is 0 Å². The van der Waals surface area contributed by atoms with Gasteiger partial charge in [0.1, 0.15) is 0 Å². The van der Waals surface area contributed by atoms with Crippen LogP contribution in [0, 0.1) is 0 Å². The molecule has 0 aromatic rings. The molecule has 2 nitrogen and oxygen atoms in total. The van der Waals surface area contributed by atoms with Crippen molar-refractivity contribution in [2.75, 3.05) is 19.9 Å². The molecule has 1 saturated heterocycles. The lowest BCUT2D eigenvalue weighted by Crippen LogP contribution is -2.34. The summed E-state index contributed by atoms with van der Waals surface area (Å²) in [5.74, 6) is 0. The topological polar surface area (TPSA) is 12.5 Å². The third-order valence-corrected chi connectivity index (χ3v) is 3.31. The van der Waals surface area contributed by atoms with Crippen LogP contribution < -0.4 is 0 Å². The van der Waals surface area contributed by atoms with Gasteiger partial charge in [-0.15, -0.1) is 0 Å². The van der Waals surface area contributed by atoms with Gasteiger partial charge in [-0.05, 0) is 39.3 Å². The fourth-order valence-corrected chi connectivity index (χ4v) is 2.12. The molecule has 1 fully saturated rings. The lowest BCUT2D eigenvalue weighted by molar-refractivity contribution is 0.239. The number of hydrogen-bond acceptors (Lipinski definition) is 2. The monoisotopic (exact) mass is 199 g/mol. The summed E-state index contributed by atoms with van der Waals surface area (Å²) in [5.41, 5.74) is 0. The zero-order valence-electron chi connectivity index (χ0n) is 8.86. The largest absolute Gasteiger partial charge is 0.361 e. The molecular formula is C9H19BNOP. The highest BCUT2D eigenvalue weighted by molar-refractivity contribution is 7.67. The molecule has 74 valence electrons. The molecule has 0 aromatic carbocycles. The summed E-state index contributed by atoms with van der Waals surface area (Å²) in [6, 6.07) is 0.899. The van der Waals surface area contributed by atoms with Gasteiger partial charge in [0, 0.05) is 6.04 Å². The maximum absolute atomic E-state index is 5.90. The van der Waals surface area contributed by atoms with Gasteiger partial charge < -0.3 is 9.33 Å². The Balaban J connectivity index is 2.35. The molecule has 2 radical (unpaired) electrons. The van der Waals surface area contributed by atoms with Gasteiger partial charge in [0.2, 0.25) is 0 Å². The van der Waals surface area contributed by atoms with E-state index in [1.807, 2.05) is 4.81 Å². The number of rotatable bonds is 3. The first-order valence-electron chi connectivity index (χ1n) is 4.76. The van der Waals surface area contributed by atoms with Crippen LogP contribution in [0.1, 0.15) is 19.8 Å². The van der Waals surface area contributed by atoms with E-state index in [0.29, 0.717) is 12.1 Å². The Kier molecular flexibility index (Phi) is 3.68. The minimum Gasteiger partial charge on any atom is -0.361 e. The van der Waals surface area contributed by atoms with E-state index >= 15 is 0 Å². The van der Waals surface area contributed by atoms with Crippen molar-refractivity contribution in [3.63, 3.8) is 0 Å². The standard InChI is InChI=1S/C9H19BNOP/c1-8-5-6-9(11(8)10)7-12-13(2,3)4/h8-9H,2,5-7H2,1,3-4H3. The molecule has 2 atom stereocenters. The maximum Gasteiger partial charge on any atom is 0.183 e. The summed E-state index contributed by atoms with van der Waals surface area (Å²) in [6.45, 7) is 7.05. The van der Waals surface area contributed by atoms with Crippen LogP contribution >= 0.6 is 7.11 Å². The van der Waals surface area contributed by atoms with Gasteiger partial charge in [-0.25, -0.2) is 0 Å². The second-order valence-corrected chi connectivity index (χ2v) is 7.80. The van der Waals surface area contributed by atoms with Crippen molar-refractivity contribution in [1.29, 1.82) is 0 Å². The fourth-order valence-electron chi connectivity index (χ4n) is 1.55. The molecule has 0 aromatic heterocycles. The molecule has 4 heteroatoms. The Hall–Kier alpha value is 0.285. The van der Waals surface area contributed by atoms with Crippen molar-refractivity contribution in [1.82, 2.24) is 4.81 Å². The van der Waals surface area contributed by atoms with Crippen molar-refractivity contribution in [2.45, 2.75) is 31.8 Å². The quantitative estimate of drug-likeness (QED) is 0.505. The minimum atomic E-state index is -1.35. The average molecular weight is 199 g/mol. The van der Waals surface area contributed by atoms with Gasteiger partial charge in [-0.2, -0.15) is 0 Å². The molecule has 1 aliphatic heterocycles. The van der Waals surface area contributed by atoms with Crippen LogP contribution in [-0.4, -0.2) is 51.1 Å². The van der Waals surface area contributed by atoms with Crippen LogP contribution in [-0.2, 0) is 4.52 Å². The van der Waals surface area contributed by atoms with Gasteiger partial charge >= 0.3 is 0 Å².